The first-order valence-corrected chi connectivity index (χ1v) is 12.3. The number of aliphatic imine (C=N–C) groups is 1. The quantitative estimate of drug-likeness (QED) is 0.758. The van der Waals surface area contributed by atoms with Gasteiger partial charge in [0.05, 0.1) is 32.5 Å². The largest absolute Gasteiger partial charge is 0.493 e. The molecule has 1 unspecified atom stereocenters. The lowest BCUT2D eigenvalue weighted by molar-refractivity contribution is -0.134. The molecule has 0 radical (unpaired) electrons. The summed E-state index contributed by atoms with van der Waals surface area (Å²) in [5.74, 6) is 2.05. The standard InChI is InChI=1S/C19H28N2O4Si/c1-19-9-8-12-13(10-14(23-2)16(25-4)15(12)24-3)17(19)20-11-21(18(19)22)26(5,6)7/h10H,8-9,11H2,1-7H3. The van der Waals surface area contributed by atoms with Gasteiger partial charge in [0.2, 0.25) is 11.7 Å². The van der Waals surface area contributed by atoms with E-state index in [-0.39, 0.29) is 5.91 Å². The molecule has 1 aliphatic heterocycles. The number of hydrogen-bond donors (Lipinski definition) is 0. The van der Waals surface area contributed by atoms with Gasteiger partial charge in [-0.2, -0.15) is 0 Å². The van der Waals surface area contributed by atoms with Crippen LogP contribution in [0.3, 0.4) is 0 Å². The molecule has 0 fully saturated rings. The third-order valence-electron chi connectivity index (χ3n) is 5.48. The van der Waals surface area contributed by atoms with E-state index in [1.165, 1.54) is 0 Å². The number of hydrogen-bond acceptors (Lipinski definition) is 5. The van der Waals surface area contributed by atoms with Crippen LogP contribution in [-0.2, 0) is 11.2 Å². The van der Waals surface area contributed by atoms with Gasteiger partial charge in [0.1, 0.15) is 6.67 Å². The van der Waals surface area contributed by atoms with Crippen molar-refractivity contribution in [2.24, 2.45) is 10.4 Å². The molecular formula is C19H28N2O4Si. The number of carbonyl (C=O) groups is 1. The lowest BCUT2D eigenvalue weighted by Gasteiger charge is -2.46. The second-order valence-corrected chi connectivity index (χ2v) is 12.9. The van der Waals surface area contributed by atoms with Gasteiger partial charge in [-0.05, 0) is 25.8 Å². The zero-order chi connectivity index (χ0) is 19.3. The fourth-order valence-corrected chi connectivity index (χ4v) is 5.31. The molecule has 1 atom stereocenters. The van der Waals surface area contributed by atoms with Crippen molar-refractivity contribution in [3.05, 3.63) is 17.2 Å². The monoisotopic (exact) mass is 376 g/mol. The van der Waals surface area contributed by atoms with E-state index >= 15 is 0 Å². The van der Waals surface area contributed by atoms with E-state index in [4.69, 9.17) is 19.2 Å². The number of carbonyl (C=O) groups excluding carboxylic acids is 1. The molecular weight excluding hydrogens is 348 g/mol. The Hall–Kier alpha value is -2.02. The molecule has 0 aromatic heterocycles. The third-order valence-corrected chi connectivity index (χ3v) is 7.45. The van der Waals surface area contributed by atoms with E-state index in [1.54, 1.807) is 21.3 Å². The molecule has 26 heavy (non-hydrogen) atoms. The smallest absolute Gasteiger partial charge is 0.228 e. The third kappa shape index (κ3) is 2.60. The summed E-state index contributed by atoms with van der Waals surface area (Å²) >= 11 is 0. The van der Waals surface area contributed by atoms with Gasteiger partial charge in [-0.3, -0.25) is 9.79 Å². The van der Waals surface area contributed by atoms with Gasteiger partial charge in [-0.25, -0.2) is 0 Å². The first-order valence-electron chi connectivity index (χ1n) is 8.88. The predicted octanol–water partition coefficient (Wildman–Crippen LogP) is 3.09. The molecule has 1 heterocycles. The highest BCUT2D eigenvalue weighted by Gasteiger charge is 2.50. The molecule has 1 aliphatic carbocycles. The summed E-state index contributed by atoms with van der Waals surface area (Å²) in [5.41, 5.74) is 2.22. The first kappa shape index (κ1) is 18.8. The van der Waals surface area contributed by atoms with Gasteiger partial charge in [0.15, 0.2) is 19.7 Å². The number of amides is 1. The fourth-order valence-electron chi connectivity index (χ4n) is 3.95. The maximum Gasteiger partial charge on any atom is 0.228 e. The lowest BCUT2D eigenvalue weighted by Crippen LogP contribution is -2.60. The molecule has 2 aliphatic rings. The van der Waals surface area contributed by atoms with E-state index in [0.717, 1.165) is 23.3 Å². The number of rotatable bonds is 4. The van der Waals surface area contributed by atoms with Gasteiger partial charge in [-0.1, -0.05) is 19.6 Å². The summed E-state index contributed by atoms with van der Waals surface area (Å²) in [6, 6.07) is 1.93. The second kappa shape index (κ2) is 6.30. The molecule has 0 bridgehead atoms. The van der Waals surface area contributed by atoms with Crippen molar-refractivity contribution in [1.29, 1.82) is 0 Å². The Morgan fingerprint density at radius 3 is 2.31 bits per heavy atom. The molecule has 142 valence electrons. The lowest BCUT2D eigenvalue weighted by atomic mass is 9.69. The van der Waals surface area contributed by atoms with Crippen LogP contribution in [0.2, 0.25) is 19.6 Å². The van der Waals surface area contributed by atoms with E-state index in [9.17, 15) is 4.79 Å². The number of methoxy groups -OCH3 is 3. The zero-order valence-electron chi connectivity index (χ0n) is 16.7. The Labute approximate surface area is 156 Å². The van der Waals surface area contributed by atoms with Crippen LogP contribution < -0.4 is 14.2 Å². The van der Waals surface area contributed by atoms with Crippen molar-refractivity contribution >= 4 is 19.9 Å². The van der Waals surface area contributed by atoms with Gasteiger partial charge >= 0.3 is 0 Å². The Morgan fingerprint density at radius 2 is 1.77 bits per heavy atom. The first-order chi connectivity index (χ1) is 12.2. The highest BCUT2D eigenvalue weighted by Crippen LogP contribution is 2.49. The maximum atomic E-state index is 13.4. The minimum absolute atomic E-state index is 0.195. The highest BCUT2D eigenvalue weighted by atomic mass is 28.3. The molecule has 7 heteroatoms. The normalized spacial score (nSPS) is 22.3. The SMILES string of the molecule is COc1cc2c(c(OC)c1OC)CCC1(C)C(=O)N([Si](C)(C)C)CN=C21. The zero-order valence-corrected chi connectivity index (χ0v) is 17.7. The van der Waals surface area contributed by atoms with Crippen molar-refractivity contribution in [2.75, 3.05) is 28.0 Å². The minimum Gasteiger partial charge on any atom is -0.493 e. The summed E-state index contributed by atoms with van der Waals surface area (Å²) in [6.07, 6.45) is 1.45. The number of fused-ring (bicyclic) bond motifs is 3. The summed E-state index contributed by atoms with van der Waals surface area (Å²) in [4.78, 5) is 18.2. The van der Waals surface area contributed by atoms with Gasteiger partial charge < -0.3 is 18.8 Å². The van der Waals surface area contributed by atoms with Crippen molar-refractivity contribution in [3.63, 3.8) is 0 Å². The molecule has 0 spiro atoms. The molecule has 0 saturated carbocycles. The van der Waals surface area contributed by atoms with Gasteiger partial charge in [0.25, 0.3) is 0 Å². The molecule has 3 rings (SSSR count). The molecule has 0 N–H and O–H groups in total. The minimum atomic E-state index is -1.78. The van der Waals surface area contributed by atoms with E-state index in [1.807, 2.05) is 17.6 Å². The average molecular weight is 377 g/mol. The van der Waals surface area contributed by atoms with Crippen LogP contribution in [-0.4, -0.2) is 52.4 Å². The van der Waals surface area contributed by atoms with Crippen LogP contribution in [0.1, 0.15) is 24.5 Å². The van der Waals surface area contributed by atoms with Gasteiger partial charge in [-0.15, -0.1) is 0 Å². The second-order valence-electron chi connectivity index (χ2n) is 8.06. The fraction of sp³-hybridized carbons (Fsp3) is 0.579. The Kier molecular flexibility index (Phi) is 4.54. The summed E-state index contributed by atoms with van der Waals surface area (Å²) < 4.78 is 18.7. The molecule has 0 saturated heterocycles. The van der Waals surface area contributed by atoms with E-state index in [2.05, 4.69) is 19.6 Å². The molecule has 1 aromatic rings. The van der Waals surface area contributed by atoms with Gasteiger partial charge in [0, 0.05) is 11.1 Å². The summed E-state index contributed by atoms with van der Waals surface area (Å²) in [6.45, 7) is 9.00. The molecule has 6 nitrogen and oxygen atoms in total. The van der Waals surface area contributed by atoms with Crippen molar-refractivity contribution in [1.82, 2.24) is 4.57 Å². The van der Waals surface area contributed by atoms with Crippen LogP contribution in [0.4, 0.5) is 0 Å². The van der Waals surface area contributed by atoms with Crippen molar-refractivity contribution in [2.45, 2.75) is 39.4 Å². The Morgan fingerprint density at radius 1 is 1.12 bits per heavy atom. The number of ether oxygens (including phenoxy) is 3. The van der Waals surface area contributed by atoms with E-state index < -0.39 is 13.7 Å². The Balaban J connectivity index is 2.21. The number of benzene rings is 1. The topological polar surface area (TPSA) is 60.4 Å². The summed E-state index contributed by atoms with van der Waals surface area (Å²) in [7, 11) is 3.06. The molecule has 1 amide bonds. The van der Waals surface area contributed by atoms with Crippen LogP contribution in [0.5, 0.6) is 17.2 Å². The van der Waals surface area contributed by atoms with Crippen LogP contribution in [0.25, 0.3) is 0 Å². The van der Waals surface area contributed by atoms with Crippen LogP contribution >= 0.6 is 0 Å². The predicted molar refractivity (Wildman–Crippen MR) is 104 cm³/mol. The van der Waals surface area contributed by atoms with Crippen LogP contribution in [0, 0.1) is 5.41 Å². The van der Waals surface area contributed by atoms with Crippen LogP contribution in [0.15, 0.2) is 11.1 Å². The number of nitrogens with zero attached hydrogens (tertiary/aromatic N) is 2. The Bertz CT molecular complexity index is 785. The van der Waals surface area contributed by atoms with Crippen molar-refractivity contribution in [3.8, 4) is 17.2 Å². The average Bonchev–Trinajstić information content (AvgIpc) is 2.59. The van der Waals surface area contributed by atoms with Crippen molar-refractivity contribution < 1.29 is 19.0 Å². The highest BCUT2D eigenvalue weighted by molar-refractivity contribution is 6.75. The molecule has 1 aromatic carbocycles. The maximum absolute atomic E-state index is 13.4. The summed E-state index contributed by atoms with van der Waals surface area (Å²) in [5, 5.41) is 0. The van der Waals surface area contributed by atoms with E-state index in [0.29, 0.717) is 30.3 Å².